The lowest BCUT2D eigenvalue weighted by atomic mass is 10.1. The second kappa shape index (κ2) is 5.37. The van der Waals surface area contributed by atoms with Gasteiger partial charge in [0, 0.05) is 0 Å². The molecule has 0 atom stereocenters. The Morgan fingerprint density at radius 2 is 2.31 bits per heavy atom. The van der Waals surface area contributed by atoms with Crippen LogP contribution in [0.3, 0.4) is 0 Å². The highest BCUT2D eigenvalue weighted by Crippen LogP contribution is 2.08. The fraction of sp³-hybridized carbons (Fsp3) is 0.417. The second-order valence-corrected chi connectivity index (χ2v) is 3.17. The summed E-state index contributed by atoms with van der Waals surface area (Å²) in [7, 11) is 0. The first kappa shape index (κ1) is 9.80. The highest BCUT2D eigenvalue weighted by molar-refractivity contribution is 5.32. The van der Waals surface area contributed by atoms with E-state index in [0.717, 1.165) is 17.5 Å². The van der Waals surface area contributed by atoms with Gasteiger partial charge in [0.2, 0.25) is 0 Å². The average molecular weight is 172 g/mol. The molecule has 0 amide bonds. The molecule has 0 saturated carbocycles. The molecule has 0 aliphatic rings. The largest absolute Gasteiger partial charge is 0.192 e. The van der Waals surface area contributed by atoms with E-state index in [2.05, 4.69) is 19.1 Å². The molecule has 1 aromatic rings. The van der Waals surface area contributed by atoms with Gasteiger partial charge in [0.1, 0.15) is 0 Å². The zero-order chi connectivity index (χ0) is 9.52. The molecule has 1 rings (SSSR count). The maximum Gasteiger partial charge on any atom is 0.0991 e. The van der Waals surface area contributed by atoms with E-state index >= 15 is 0 Å². The zero-order valence-electron chi connectivity index (χ0n) is 8.01. The maximum atomic E-state index is 8.67. The third-order valence-electron chi connectivity index (χ3n) is 2.04. The van der Waals surface area contributed by atoms with Crippen LogP contribution >= 0.6 is 0 Å². The minimum absolute atomic E-state index is 0.741. The van der Waals surface area contributed by atoms with Crippen LogP contribution in [0.25, 0.3) is 0 Å². The van der Waals surface area contributed by atoms with Crippen molar-refractivity contribution in [3.05, 3.63) is 35.4 Å². The van der Waals surface area contributed by atoms with Gasteiger partial charge in [0.25, 0.3) is 0 Å². The Morgan fingerprint density at radius 1 is 1.46 bits per heavy atom. The topological polar surface area (TPSA) is 23.8 Å². The molecular formula is C12H14N. The van der Waals surface area contributed by atoms with Crippen LogP contribution in [0.2, 0.25) is 0 Å². The number of nitriles is 1. The number of hydrogen-bond acceptors (Lipinski definition) is 1. The van der Waals surface area contributed by atoms with Crippen molar-refractivity contribution in [3.63, 3.8) is 0 Å². The van der Waals surface area contributed by atoms with Gasteiger partial charge in [0.15, 0.2) is 0 Å². The van der Waals surface area contributed by atoms with Gasteiger partial charge in [-0.3, -0.25) is 0 Å². The molecule has 0 saturated heterocycles. The number of benzene rings is 1. The monoisotopic (exact) mass is 172 g/mol. The summed E-state index contributed by atoms with van der Waals surface area (Å²) < 4.78 is 0. The van der Waals surface area contributed by atoms with Crippen LogP contribution < -0.4 is 0 Å². The lowest BCUT2D eigenvalue weighted by Gasteiger charge is -1.99. The summed E-state index contributed by atoms with van der Waals surface area (Å²) in [6, 6.07) is 10.8. The van der Waals surface area contributed by atoms with Crippen LogP contribution in [0.1, 0.15) is 37.3 Å². The number of rotatable bonds is 4. The van der Waals surface area contributed by atoms with Crippen LogP contribution in [0, 0.1) is 17.4 Å². The van der Waals surface area contributed by atoms with Crippen molar-refractivity contribution < 1.29 is 0 Å². The van der Waals surface area contributed by atoms with Gasteiger partial charge in [-0.2, -0.15) is 5.26 Å². The second-order valence-electron chi connectivity index (χ2n) is 3.17. The lowest BCUT2D eigenvalue weighted by Crippen LogP contribution is -1.86. The summed E-state index contributed by atoms with van der Waals surface area (Å²) in [5, 5.41) is 8.67. The Labute approximate surface area is 80.0 Å². The van der Waals surface area contributed by atoms with E-state index in [1.165, 1.54) is 19.3 Å². The van der Waals surface area contributed by atoms with Gasteiger partial charge in [-0.05, 0) is 36.6 Å². The molecule has 0 heterocycles. The molecule has 0 N–H and O–H groups in total. The molecule has 1 aromatic carbocycles. The minimum Gasteiger partial charge on any atom is -0.192 e. The van der Waals surface area contributed by atoms with E-state index in [1.54, 1.807) is 6.07 Å². The molecule has 0 fully saturated rings. The Balaban J connectivity index is 2.52. The van der Waals surface area contributed by atoms with Crippen molar-refractivity contribution >= 4 is 0 Å². The summed E-state index contributed by atoms with van der Waals surface area (Å²) in [6.07, 6.45) is 4.73. The van der Waals surface area contributed by atoms with Crippen LogP contribution in [-0.2, 0) is 6.42 Å². The van der Waals surface area contributed by atoms with E-state index < -0.39 is 0 Å². The van der Waals surface area contributed by atoms with E-state index in [9.17, 15) is 0 Å². The standard InChI is InChI=1S/C12H14N/c1-2-3-4-6-11-7-5-8-12(9-11)10-13/h5,8-9H,2-4,6H2,1H3. The summed E-state index contributed by atoms with van der Waals surface area (Å²) >= 11 is 0. The Hall–Kier alpha value is -1.29. The normalized spacial score (nSPS) is 9.54. The molecule has 0 aromatic heterocycles. The molecule has 0 aliphatic carbocycles. The summed E-state index contributed by atoms with van der Waals surface area (Å²) in [5.41, 5.74) is 1.90. The molecule has 1 nitrogen and oxygen atoms in total. The van der Waals surface area contributed by atoms with Crippen LogP contribution in [0.4, 0.5) is 0 Å². The van der Waals surface area contributed by atoms with E-state index in [-0.39, 0.29) is 0 Å². The number of nitrogens with zero attached hydrogens (tertiary/aromatic N) is 1. The quantitative estimate of drug-likeness (QED) is 0.640. The molecule has 0 unspecified atom stereocenters. The molecule has 13 heavy (non-hydrogen) atoms. The minimum atomic E-state index is 0.741. The van der Waals surface area contributed by atoms with Crippen molar-refractivity contribution in [1.29, 1.82) is 5.26 Å². The molecule has 67 valence electrons. The van der Waals surface area contributed by atoms with E-state index in [0.29, 0.717) is 0 Å². The SMILES string of the molecule is CCCCCc1[c]ccc(C#N)c1. The first-order valence-electron chi connectivity index (χ1n) is 4.77. The molecule has 0 bridgehead atoms. The number of aryl methyl sites for hydroxylation is 1. The fourth-order valence-electron chi connectivity index (χ4n) is 1.30. The van der Waals surface area contributed by atoms with Crippen molar-refractivity contribution in [2.75, 3.05) is 0 Å². The predicted octanol–water partition coefficient (Wildman–Crippen LogP) is 3.09. The van der Waals surface area contributed by atoms with Crippen molar-refractivity contribution in [1.82, 2.24) is 0 Å². The van der Waals surface area contributed by atoms with E-state index in [1.807, 2.05) is 12.1 Å². The van der Waals surface area contributed by atoms with Crippen molar-refractivity contribution in [2.24, 2.45) is 0 Å². The van der Waals surface area contributed by atoms with Gasteiger partial charge in [-0.25, -0.2) is 0 Å². The highest BCUT2D eigenvalue weighted by atomic mass is 14.2. The van der Waals surface area contributed by atoms with Gasteiger partial charge < -0.3 is 0 Å². The summed E-state index contributed by atoms with van der Waals surface area (Å²) in [4.78, 5) is 0. The third-order valence-corrected chi connectivity index (χ3v) is 2.04. The van der Waals surface area contributed by atoms with Crippen molar-refractivity contribution in [2.45, 2.75) is 32.6 Å². The smallest absolute Gasteiger partial charge is 0.0991 e. The summed E-state index contributed by atoms with van der Waals surface area (Å²) in [6.45, 7) is 2.19. The van der Waals surface area contributed by atoms with Gasteiger partial charge in [0.05, 0.1) is 11.6 Å². The fourth-order valence-corrected chi connectivity index (χ4v) is 1.30. The molecule has 0 aliphatic heterocycles. The van der Waals surface area contributed by atoms with Gasteiger partial charge in [-0.1, -0.05) is 25.8 Å². The molecular weight excluding hydrogens is 158 g/mol. The lowest BCUT2D eigenvalue weighted by molar-refractivity contribution is 0.717. The average Bonchev–Trinajstić information content (AvgIpc) is 2.19. The molecule has 1 heteroatoms. The first-order valence-corrected chi connectivity index (χ1v) is 4.77. The Bertz CT molecular complexity index is 296. The first-order chi connectivity index (χ1) is 6.36. The molecule has 1 radical (unpaired) electrons. The third kappa shape index (κ3) is 3.29. The number of hydrogen-bond donors (Lipinski definition) is 0. The Morgan fingerprint density at radius 3 is 3.00 bits per heavy atom. The molecule has 0 spiro atoms. The van der Waals surface area contributed by atoms with Crippen LogP contribution in [0.5, 0.6) is 0 Å². The van der Waals surface area contributed by atoms with E-state index in [4.69, 9.17) is 5.26 Å². The summed E-state index contributed by atoms with van der Waals surface area (Å²) in [5.74, 6) is 0. The van der Waals surface area contributed by atoms with Gasteiger partial charge in [-0.15, -0.1) is 0 Å². The number of unbranched alkanes of at least 4 members (excludes halogenated alkanes) is 2. The zero-order valence-corrected chi connectivity index (χ0v) is 8.01. The van der Waals surface area contributed by atoms with Crippen molar-refractivity contribution in [3.8, 4) is 6.07 Å². The van der Waals surface area contributed by atoms with Crippen LogP contribution in [0.15, 0.2) is 18.2 Å². The maximum absolute atomic E-state index is 8.67. The van der Waals surface area contributed by atoms with Gasteiger partial charge >= 0.3 is 0 Å². The highest BCUT2D eigenvalue weighted by Gasteiger charge is 1.95. The van der Waals surface area contributed by atoms with Crippen LogP contribution in [-0.4, -0.2) is 0 Å². The predicted molar refractivity (Wildman–Crippen MR) is 53.2 cm³/mol. The Kier molecular flexibility index (Phi) is 4.05.